The molecule has 0 fully saturated rings. The molecule has 3 heteroatoms. The fourth-order valence-electron chi connectivity index (χ4n) is 1.13. The van der Waals surface area contributed by atoms with E-state index >= 15 is 0 Å². The van der Waals surface area contributed by atoms with Crippen LogP contribution in [0.15, 0.2) is 18.2 Å². The molecule has 0 saturated carbocycles. The molecule has 1 aliphatic rings. The van der Waals surface area contributed by atoms with Crippen LogP contribution in [0.5, 0.6) is 17.2 Å². The SMILES string of the molecule is COc1cccc2c1OC[CH]O2. The molecular formula is C9H9O3. The number of hydrogen-bond donors (Lipinski definition) is 0. The first-order valence-electron chi connectivity index (χ1n) is 3.70. The standard InChI is InChI=1S/C9H9O3/c1-10-7-3-2-4-8-9(7)12-6-5-11-8/h2-5H,6H2,1H3. The predicted molar refractivity (Wildman–Crippen MR) is 43.4 cm³/mol. The molecule has 2 rings (SSSR count). The Balaban J connectivity index is 2.44. The molecule has 0 aliphatic carbocycles. The van der Waals surface area contributed by atoms with Gasteiger partial charge in [0, 0.05) is 0 Å². The third-order valence-electron chi connectivity index (χ3n) is 1.67. The van der Waals surface area contributed by atoms with E-state index in [0.717, 1.165) is 0 Å². The number of benzene rings is 1. The molecular weight excluding hydrogens is 156 g/mol. The van der Waals surface area contributed by atoms with Gasteiger partial charge in [-0.25, -0.2) is 0 Å². The summed E-state index contributed by atoms with van der Waals surface area (Å²) in [7, 11) is 1.61. The minimum absolute atomic E-state index is 0.466. The largest absolute Gasteiger partial charge is 0.493 e. The van der Waals surface area contributed by atoms with Crippen molar-refractivity contribution in [3.05, 3.63) is 24.8 Å². The molecule has 0 saturated heterocycles. The van der Waals surface area contributed by atoms with Crippen molar-refractivity contribution in [2.75, 3.05) is 13.7 Å². The van der Waals surface area contributed by atoms with Crippen molar-refractivity contribution in [3.8, 4) is 17.2 Å². The number of fused-ring (bicyclic) bond motifs is 1. The first-order chi connectivity index (χ1) is 5.92. The van der Waals surface area contributed by atoms with Crippen LogP contribution >= 0.6 is 0 Å². The summed E-state index contributed by atoms with van der Waals surface area (Å²) in [5.41, 5.74) is 0. The minimum atomic E-state index is 0.466. The number of methoxy groups -OCH3 is 1. The molecule has 0 bridgehead atoms. The second-order valence-electron chi connectivity index (χ2n) is 2.38. The minimum Gasteiger partial charge on any atom is -0.493 e. The van der Waals surface area contributed by atoms with Gasteiger partial charge in [-0.3, -0.25) is 0 Å². The summed E-state index contributed by atoms with van der Waals surface area (Å²) < 4.78 is 15.7. The second-order valence-corrected chi connectivity index (χ2v) is 2.38. The summed E-state index contributed by atoms with van der Waals surface area (Å²) in [5.74, 6) is 2.10. The fourth-order valence-corrected chi connectivity index (χ4v) is 1.13. The van der Waals surface area contributed by atoms with Crippen LogP contribution in [0, 0.1) is 6.61 Å². The first-order valence-corrected chi connectivity index (χ1v) is 3.70. The Morgan fingerprint density at radius 2 is 2.33 bits per heavy atom. The quantitative estimate of drug-likeness (QED) is 0.633. The Morgan fingerprint density at radius 3 is 3.17 bits per heavy atom. The highest BCUT2D eigenvalue weighted by molar-refractivity contribution is 5.52. The Labute approximate surface area is 70.9 Å². The van der Waals surface area contributed by atoms with Gasteiger partial charge in [-0.05, 0) is 12.1 Å². The molecule has 1 aliphatic heterocycles. The summed E-state index contributed by atoms with van der Waals surface area (Å²) in [6.45, 7) is 2.08. The maximum atomic E-state index is 5.34. The van der Waals surface area contributed by atoms with Gasteiger partial charge >= 0.3 is 0 Å². The number of ether oxygens (including phenoxy) is 3. The molecule has 3 nitrogen and oxygen atoms in total. The van der Waals surface area contributed by atoms with E-state index in [1.165, 1.54) is 0 Å². The van der Waals surface area contributed by atoms with Crippen LogP contribution in [0.1, 0.15) is 0 Å². The van der Waals surface area contributed by atoms with Crippen molar-refractivity contribution >= 4 is 0 Å². The predicted octanol–water partition coefficient (Wildman–Crippen LogP) is 1.63. The molecule has 1 radical (unpaired) electrons. The van der Waals surface area contributed by atoms with Gasteiger partial charge in [0.05, 0.1) is 7.11 Å². The van der Waals surface area contributed by atoms with Gasteiger partial charge < -0.3 is 14.2 Å². The molecule has 0 spiro atoms. The van der Waals surface area contributed by atoms with Gasteiger partial charge in [-0.2, -0.15) is 0 Å². The van der Waals surface area contributed by atoms with Gasteiger partial charge in [0.1, 0.15) is 6.61 Å². The van der Waals surface area contributed by atoms with Crippen LogP contribution in [0.25, 0.3) is 0 Å². The van der Waals surface area contributed by atoms with E-state index in [1.807, 2.05) is 18.2 Å². The molecule has 0 N–H and O–H groups in total. The Hall–Kier alpha value is -1.38. The molecule has 1 heterocycles. The third-order valence-corrected chi connectivity index (χ3v) is 1.67. The van der Waals surface area contributed by atoms with E-state index in [-0.39, 0.29) is 0 Å². The Morgan fingerprint density at radius 1 is 1.42 bits per heavy atom. The van der Waals surface area contributed by atoms with Crippen molar-refractivity contribution in [2.45, 2.75) is 0 Å². The van der Waals surface area contributed by atoms with Crippen molar-refractivity contribution < 1.29 is 14.2 Å². The van der Waals surface area contributed by atoms with Gasteiger partial charge in [-0.15, -0.1) is 0 Å². The lowest BCUT2D eigenvalue weighted by molar-refractivity contribution is 0.213. The summed E-state index contributed by atoms with van der Waals surface area (Å²) in [6, 6.07) is 5.54. The molecule has 63 valence electrons. The van der Waals surface area contributed by atoms with E-state index in [2.05, 4.69) is 0 Å². The average molecular weight is 165 g/mol. The zero-order valence-corrected chi connectivity index (χ0v) is 6.74. The summed E-state index contributed by atoms with van der Waals surface area (Å²) >= 11 is 0. The third kappa shape index (κ3) is 1.07. The maximum Gasteiger partial charge on any atom is 0.203 e. The van der Waals surface area contributed by atoms with E-state index in [4.69, 9.17) is 14.2 Å². The van der Waals surface area contributed by atoms with Gasteiger partial charge in [0.2, 0.25) is 5.75 Å². The Bertz CT molecular complexity index is 269. The van der Waals surface area contributed by atoms with Gasteiger partial charge in [0.25, 0.3) is 0 Å². The number of hydrogen-bond acceptors (Lipinski definition) is 3. The van der Waals surface area contributed by atoms with Crippen LogP contribution in [0.3, 0.4) is 0 Å². The molecule has 1 aromatic carbocycles. The van der Waals surface area contributed by atoms with Gasteiger partial charge in [-0.1, -0.05) is 6.07 Å². The van der Waals surface area contributed by atoms with E-state index in [0.29, 0.717) is 23.9 Å². The number of rotatable bonds is 1. The van der Waals surface area contributed by atoms with Crippen LogP contribution in [-0.2, 0) is 0 Å². The summed E-state index contributed by atoms with van der Waals surface area (Å²) in [4.78, 5) is 0. The van der Waals surface area contributed by atoms with Crippen molar-refractivity contribution in [1.29, 1.82) is 0 Å². The lowest BCUT2D eigenvalue weighted by Crippen LogP contribution is -2.10. The van der Waals surface area contributed by atoms with Crippen molar-refractivity contribution in [3.63, 3.8) is 0 Å². The molecule has 0 aromatic heterocycles. The molecule has 12 heavy (non-hydrogen) atoms. The van der Waals surface area contributed by atoms with E-state index in [1.54, 1.807) is 13.7 Å². The number of para-hydroxylation sites is 1. The zero-order valence-electron chi connectivity index (χ0n) is 6.74. The molecule has 0 amide bonds. The molecule has 1 aromatic rings. The monoisotopic (exact) mass is 165 g/mol. The fraction of sp³-hybridized carbons (Fsp3) is 0.222. The lowest BCUT2D eigenvalue weighted by Gasteiger charge is -2.19. The van der Waals surface area contributed by atoms with Crippen LogP contribution < -0.4 is 14.2 Å². The maximum absolute atomic E-state index is 5.34. The summed E-state index contributed by atoms with van der Waals surface area (Å²) in [5, 5.41) is 0. The Kier molecular flexibility index (Phi) is 1.78. The second kappa shape index (κ2) is 2.93. The highest BCUT2D eigenvalue weighted by Crippen LogP contribution is 2.39. The molecule has 0 atom stereocenters. The summed E-state index contributed by atoms with van der Waals surface area (Å²) in [6.07, 6.45) is 0. The van der Waals surface area contributed by atoms with Gasteiger partial charge in [0.15, 0.2) is 18.1 Å². The highest BCUT2D eigenvalue weighted by Gasteiger charge is 2.15. The van der Waals surface area contributed by atoms with E-state index in [9.17, 15) is 0 Å². The van der Waals surface area contributed by atoms with E-state index < -0.39 is 0 Å². The van der Waals surface area contributed by atoms with Crippen LogP contribution in [-0.4, -0.2) is 13.7 Å². The highest BCUT2D eigenvalue weighted by atomic mass is 16.6. The first kappa shape index (κ1) is 7.28. The van der Waals surface area contributed by atoms with Crippen LogP contribution in [0.4, 0.5) is 0 Å². The molecule has 0 unspecified atom stereocenters. The average Bonchev–Trinajstić information content (AvgIpc) is 2.17. The smallest absolute Gasteiger partial charge is 0.203 e. The van der Waals surface area contributed by atoms with Crippen molar-refractivity contribution in [2.24, 2.45) is 0 Å². The zero-order chi connectivity index (χ0) is 8.39. The normalized spacial score (nSPS) is 14.1. The van der Waals surface area contributed by atoms with Crippen LogP contribution in [0.2, 0.25) is 0 Å². The lowest BCUT2D eigenvalue weighted by atomic mass is 10.3. The topological polar surface area (TPSA) is 27.7 Å². The van der Waals surface area contributed by atoms with Crippen molar-refractivity contribution in [1.82, 2.24) is 0 Å².